The Kier molecular flexibility index (Phi) is 5.87. The Balaban J connectivity index is 2.55. The van der Waals surface area contributed by atoms with Crippen LogP contribution in [0, 0.1) is 5.92 Å². The zero-order valence-electron chi connectivity index (χ0n) is 10.0. The number of aliphatic carboxylic acids is 1. The molecular formula is C13H17NO4. The number of rotatable bonds is 7. The SMILES string of the molecule is O=C(CC(Cc1ccccc1)C(=O)O)NCCO. The average Bonchev–Trinajstić information content (AvgIpc) is 2.36. The summed E-state index contributed by atoms with van der Waals surface area (Å²) in [6.45, 7) is -0.00132. The van der Waals surface area contributed by atoms with Crippen molar-refractivity contribution in [2.45, 2.75) is 12.8 Å². The van der Waals surface area contributed by atoms with Crippen molar-refractivity contribution in [1.29, 1.82) is 0 Å². The average molecular weight is 251 g/mol. The second kappa shape index (κ2) is 7.45. The maximum Gasteiger partial charge on any atom is 0.307 e. The summed E-state index contributed by atoms with van der Waals surface area (Å²) in [6, 6.07) is 9.19. The van der Waals surface area contributed by atoms with Gasteiger partial charge in [0.2, 0.25) is 5.91 Å². The summed E-state index contributed by atoms with van der Waals surface area (Å²) >= 11 is 0. The third-order valence-electron chi connectivity index (χ3n) is 2.54. The van der Waals surface area contributed by atoms with Crippen LogP contribution in [0.3, 0.4) is 0 Å². The number of carbonyl (C=O) groups excluding carboxylic acids is 1. The molecule has 18 heavy (non-hydrogen) atoms. The second-order valence-electron chi connectivity index (χ2n) is 4.00. The lowest BCUT2D eigenvalue weighted by atomic mass is 9.96. The van der Waals surface area contributed by atoms with Gasteiger partial charge in [-0.3, -0.25) is 9.59 Å². The Bertz CT molecular complexity index is 391. The highest BCUT2D eigenvalue weighted by Gasteiger charge is 2.21. The van der Waals surface area contributed by atoms with E-state index < -0.39 is 11.9 Å². The molecule has 1 amide bonds. The molecule has 0 fully saturated rings. The van der Waals surface area contributed by atoms with Gasteiger partial charge in [0.15, 0.2) is 0 Å². The number of nitrogens with one attached hydrogen (secondary N) is 1. The van der Waals surface area contributed by atoms with Gasteiger partial charge in [0.05, 0.1) is 12.5 Å². The van der Waals surface area contributed by atoms with Crippen molar-refractivity contribution in [3.05, 3.63) is 35.9 Å². The summed E-state index contributed by atoms with van der Waals surface area (Å²) in [4.78, 5) is 22.5. The molecule has 5 nitrogen and oxygen atoms in total. The summed E-state index contributed by atoms with van der Waals surface area (Å²) in [5, 5.41) is 20.1. The van der Waals surface area contributed by atoms with E-state index in [0.29, 0.717) is 6.42 Å². The van der Waals surface area contributed by atoms with Crippen molar-refractivity contribution in [3.8, 4) is 0 Å². The van der Waals surface area contributed by atoms with Crippen LogP contribution in [0.25, 0.3) is 0 Å². The molecule has 1 unspecified atom stereocenters. The molecular weight excluding hydrogens is 234 g/mol. The smallest absolute Gasteiger partial charge is 0.307 e. The van der Waals surface area contributed by atoms with E-state index in [2.05, 4.69) is 5.32 Å². The molecule has 0 heterocycles. The molecule has 0 bridgehead atoms. The first kappa shape index (κ1) is 14.2. The first-order chi connectivity index (χ1) is 8.63. The molecule has 1 aromatic rings. The number of aliphatic hydroxyl groups is 1. The third kappa shape index (κ3) is 4.97. The van der Waals surface area contributed by atoms with Gasteiger partial charge in [-0.1, -0.05) is 30.3 Å². The number of carboxylic acid groups (broad SMARTS) is 1. The molecule has 0 saturated carbocycles. The summed E-state index contributed by atoms with van der Waals surface area (Å²) in [6.07, 6.45) is 0.243. The van der Waals surface area contributed by atoms with Crippen molar-refractivity contribution in [1.82, 2.24) is 5.32 Å². The van der Waals surface area contributed by atoms with Crippen LogP contribution in [0.5, 0.6) is 0 Å². The van der Waals surface area contributed by atoms with E-state index in [-0.39, 0.29) is 25.5 Å². The minimum Gasteiger partial charge on any atom is -0.481 e. The molecule has 3 N–H and O–H groups in total. The second-order valence-corrected chi connectivity index (χ2v) is 4.00. The van der Waals surface area contributed by atoms with Crippen LogP contribution >= 0.6 is 0 Å². The highest BCUT2D eigenvalue weighted by Crippen LogP contribution is 2.12. The molecule has 0 aliphatic heterocycles. The standard InChI is InChI=1S/C13H17NO4/c15-7-6-14-12(16)9-11(13(17)18)8-10-4-2-1-3-5-10/h1-5,11,15H,6-9H2,(H,14,16)(H,17,18). The van der Waals surface area contributed by atoms with E-state index in [1.807, 2.05) is 30.3 Å². The Hall–Kier alpha value is -1.88. The van der Waals surface area contributed by atoms with E-state index in [4.69, 9.17) is 10.2 Å². The Morgan fingerprint density at radius 1 is 1.22 bits per heavy atom. The summed E-state index contributed by atoms with van der Waals surface area (Å²) in [5.41, 5.74) is 0.889. The summed E-state index contributed by atoms with van der Waals surface area (Å²) in [7, 11) is 0. The van der Waals surface area contributed by atoms with Gasteiger partial charge in [0, 0.05) is 13.0 Å². The molecule has 1 atom stereocenters. The maximum atomic E-state index is 11.4. The molecule has 0 spiro atoms. The predicted molar refractivity (Wildman–Crippen MR) is 66.0 cm³/mol. The molecule has 1 aromatic carbocycles. The first-order valence-electron chi connectivity index (χ1n) is 5.77. The van der Waals surface area contributed by atoms with E-state index in [1.54, 1.807) is 0 Å². The number of carboxylic acids is 1. The van der Waals surface area contributed by atoms with Gasteiger partial charge < -0.3 is 15.5 Å². The molecule has 5 heteroatoms. The van der Waals surface area contributed by atoms with Crippen LogP contribution in [-0.4, -0.2) is 35.2 Å². The fourth-order valence-electron chi connectivity index (χ4n) is 1.64. The van der Waals surface area contributed by atoms with Crippen LogP contribution in [0.1, 0.15) is 12.0 Å². The van der Waals surface area contributed by atoms with Crippen molar-refractivity contribution >= 4 is 11.9 Å². The van der Waals surface area contributed by atoms with Crippen LogP contribution in [-0.2, 0) is 16.0 Å². The van der Waals surface area contributed by atoms with E-state index in [0.717, 1.165) is 5.56 Å². The largest absolute Gasteiger partial charge is 0.481 e. The van der Waals surface area contributed by atoms with E-state index in [9.17, 15) is 9.59 Å². The number of hydrogen-bond donors (Lipinski definition) is 3. The zero-order valence-corrected chi connectivity index (χ0v) is 10.0. The van der Waals surface area contributed by atoms with Gasteiger partial charge in [-0.2, -0.15) is 0 Å². The van der Waals surface area contributed by atoms with E-state index in [1.165, 1.54) is 0 Å². The van der Waals surface area contributed by atoms with Crippen LogP contribution in [0.15, 0.2) is 30.3 Å². The lowest BCUT2D eigenvalue weighted by molar-refractivity contribution is -0.144. The van der Waals surface area contributed by atoms with Gasteiger partial charge in [-0.25, -0.2) is 0 Å². The lowest BCUT2D eigenvalue weighted by Crippen LogP contribution is -2.31. The lowest BCUT2D eigenvalue weighted by Gasteiger charge is -2.12. The van der Waals surface area contributed by atoms with Crippen LogP contribution in [0.4, 0.5) is 0 Å². The number of hydrogen-bond acceptors (Lipinski definition) is 3. The Morgan fingerprint density at radius 3 is 2.44 bits per heavy atom. The molecule has 1 rings (SSSR count). The van der Waals surface area contributed by atoms with Gasteiger partial charge in [-0.05, 0) is 12.0 Å². The summed E-state index contributed by atoms with van der Waals surface area (Å²) < 4.78 is 0. The number of benzene rings is 1. The fraction of sp³-hybridized carbons (Fsp3) is 0.385. The minimum absolute atomic E-state index is 0.0791. The topological polar surface area (TPSA) is 86.6 Å². The van der Waals surface area contributed by atoms with E-state index >= 15 is 0 Å². The number of carbonyl (C=O) groups is 2. The fourth-order valence-corrected chi connectivity index (χ4v) is 1.64. The molecule has 98 valence electrons. The molecule has 0 aliphatic rings. The normalized spacial score (nSPS) is 11.8. The molecule has 0 saturated heterocycles. The van der Waals surface area contributed by atoms with Crippen LogP contribution in [0.2, 0.25) is 0 Å². The van der Waals surface area contributed by atoms with Crippen molar-refractivity contribution in [3.63, 3.8) is 0 Å². The Labute approximate surface area is 105 Å². The Morgan fingerprint density at radius 2 is 1.89 bits per heavy atom. The molecule has 0 aromatic heterocycles. The zero-order chi connectivity index (χ0) is 13.4. The highest BCUT2D eigenvalue weighted by molar-refractivity contribution is 5.82. The first-order valence-corrected chi connectivity index (χ1v) is 5.77. The van der Waals surface area contributed by atoms with Crippen LogP contribution < -0.4 is 5.32 Å². The summed E-state index contributed by atoms with van der Waals surface area (Å²) in [5.74, 6) is -2.09. The maximum absolute atomic E-state index is 11.4. The van der Waals surface area contributed by atoms with Crippen molar-refractivity contribution in [2.75, 3.05) is 13.2 Å². The molecule has 0 radical (unpaired) electrons. The minimum atomic E-state index is -0.988. The third-order valence-corrected chi connectivity index (χ3v) is 2.54. The van der Waals surface area contributed by atoms with Gasteiger partial charge in [0.25, 0.3) is 0 Å². The van der Waals surface area contributed by atoms with Crippen molar-refractivity contribution < 1.29 is 19.8 Å². The van der Waals surface area contributed by atoms with Gasteiger partial charge in [0.1, 0.15) is 0 Å². The highest BCUT2D eigenvalue weighted by atomic mass is 16.4. The predicted octanol–water partition coefficient (Wildman–Crippen LogP) is 0.429. The number of aliphatic hydroxyl groups excluding tert-OH is 1. The molecule has 0 aliphatic carbocycles. The van der Waals surface area contributed by atoms with Crippen molar-refractivity contribution in [2.24, 2.45) is 5.92 Å². The van der Waals surface area contributed by atoms with Gasteiger partial charge in [-0.15, -0.1) is 0 Å². The monoisotopic (exact) mass is 251 g/mol. The van der Waals surface area contributed by atoms with Gasteiger partial charge >= 0.3 is 5.97 Å². The number of amides is 1. The quantitative estimate of drug-likeness (QED) is 0.656.